The van der Waals surface area contributed by atoms with Crippen molar-refractivity contribution in [3.05, 3.63) is 41.0 Å². The molecule has 2 N–H and O–H groups in total. The van der Waals surface area contributed by atoms with Gasteiger partial charge >= 0.3 is 0 Å². The Hall–Kier alpha value is -1.53. The summed E-state index contributed by atoms with van der Waals surface area (Å²) in [4.78, 5) is 0.102. The molecule has 0 bridgehead atoms. The summed E-state index contributed by atoms with van der Waals surface area (Å²) in [7, 11) is -3.64. The van der Waals surface area contributed by atoms with E-state index in [-0.39, 0.29) is 10.7 Å². The van der Waals surface area contributed by atoms with Crippen molar-refractivity contribution in [2.45, 2.75) is 11.8 Å². The fraction of sp³-hybridized carbons (Fsp3) is 0.100. The molecule has 5 nitrogen and oxygen atoms in total. The largest absolute Gasteiger partial charge is 0.281 e. The Morgan fingerprint density at radius 1 is 1.35 bits per heavy atom. The van der Waals surface area contributed by atoms with Crippen molar-refractivity contribution in [1.82, 2.24) is 10.2 Å². The maximum Gasteiger partial charge on any atom is 0.263 e. The SMILES string of the molecule is Cc1cc(NS(=O)(=O)c2cccc(Cl)c2)n[nH]1. The van der Waals surface area contributed by atoms with Crippen molar-refractivity contribution in [3.63, 3.8) is 0 Å². The molecule has 1 aromatic heterocycles. The maximum atomic E-state index is 11.9. The highest BCUT2D eigenvalue weighted by atomic mass is 35.5. The molecule has 0 atom stereocenters. The van der Waals surface area contributed by atoms with Gasteiger partial charge in [0.15, 0.2) is 5.82 Å². The lowest BCUT2D eigenvalue weighted by atomic mass is 10.4. The number of nitrogens with zero attached hydrogens (tertiary/aromatic N) is 1. The number of sulfonamides is 1. The van der Waals surface area contributed by atoms with Crippen LogP contribution in [0.5, 0.6) is 0 Å². The van der Waals surface area contributed by atoms with Gasteiger partial charge in [0.2, 0.25) is 0 Å². The van der Waals surface area contributed by atoms with Gasteiger partial charge in [-0.3, -0.25) is 9.82 Å². The minimum Gasteiger partial charge on any atom is -0.281 e. The molecule has 90 valence electrons. The van der Waals surface area contributed by atoms with E-state index in [1.807, 2.05) is 0 Å². The molecule has 0 radical (unpaired) electrons. The lowest BCUT2D eigenvalue weighted by Gasteiger charge is -2.05. The summed E-state index contributed by atoms with van der Waals surface area (Å²) in [5.41, 5.74) is 0.772. The number of anilines is 1. The first-order valence-corrected chi connectivity index (χ1v) is 6.64. The summed E-state index contributed by atoms with van der Waals surface area (Å²) in [6.07, 6.45) is 0. The third-order valence-corrected chi connectivity index (χ3v) is 3.64. The average molecular weight is 272 g/mol. The predicted molar refractivity (Wildman–Crippen MR) is 65.6 cm³/mol. The van der Waals surface area contributed by atoms with Gasteiger partial charge in [0.05, 0.1) is 4.90 Å². The zero-order valence-corrected chi connectivity index (χ0v) is 10.5. The van der Waals surface area contributed by atoms with Crippen LogP contribution in [0.25, 0.3) is 0 Å². The van der Waals surface area contributed by atoms with Gasteiger partial charge in [-0.25, -0.2) is 8.42 Å². The van der Waals surface area contributed by atoms with Crippen molar-refractivity contribution < 1.29 is 8.42 Å². The van der Waals surface area contributed by atoms with Crippen molar-refractivity contribution in [2.75, 3.05) is 4.72 Å². The van der Waals surface area contributed by atoms with Crippen LogP contribution in [-0.2, 0) is 10.0 Å². The number of aromatic amines is 1. The lowest BCUT2D eigenvalue weighted by Crippen LogP contribution is -2.13. The average Bonchev–Trinajstić information content (AvgIpc) is 2.63. The van der Waals surface area contributed by atoms with E-state index < -0.39 is 10.0 Å². The van der Waals surface area contributed by atoms with Gasteiger partial charge in [0, 0.05) is 16.8 Å². The van der Waals surface area contributed by atoms with E-state index >= 15 is 0 Å². The second-order valence-electron chi connectivity index (χ2n) is 3.50. The zero-order valence-electron chi connectivity index (χ0n) is 8.94. The van der Waals surface area contributed by atoms with Gasteiger partial charge < -0.3 is 0 Å². The van der Waals surface area contributed by atoms with Crippen molar-refractivity contribution in [3.8, 4) is 0 Å². The van der Waals surface area contributed by atoms with Gasteiger partial charge in [0.25, 0.3) is 10.0 Å². The zero-order chi connectivity index (χ0) is 12.5. The van der Waals surface area contributed by atoms with Crippen molar-refractivity contribution in [2.24, 2.45) is 0 Å². The first kappa shape index (κ1) is 11.9. The molecule has 0 fully saturated rings. The Bertz CT molecular complexity index is 637. The monoisotopic (exact) mass is 271 g/mol. The third kappa shape index (κ3) is 2.78. The smallest absolute Gasteiger partial charge is 0.263 e. The van der Waals surface area contributed by atoms with Gasteiger partial charge in [-0.2, -0.15) is 5.10 Å². The molecule has 2 aromatic rings. The lowest BCUT2D eigenvalue weighted by molar-refractivity contribution is 0.601. The van der Waals surface area contributed by atoms with Crippen LogP contribution in [0.2, 0.25) is 5.02 Å². The molecule has 0 amide bonds. The molecule has 0 unspecified atom stereocenters. The summed E-state index contributed by atoms with van der Waals surface area (Å²) in [6.45, 7) is 1.78. The molecule has 17 heavy (non-hydrogen) atoms. The standard InChI is InChI=1S/C10H10ClN3O2S/c1-7-5-10(13-12-7)14-17(15,16)9-4-2-3-8(11)6-9/h2-6H,1H3,(H2,12,13,14). The van der Waals surface area contributed by atoms with E-state index in [1.54, 1.807) is 25.1 Å². The Labute approximate surface area is 104 Å². The summed E-state index contributed by atoms with van der Waals surface area (Å²) in [6, 6.07) is 7.63. The van der Waals surface area contributed by atoms with Crippen molar-refractivity contribution in [1.29, 1.82) is 0 Å². The number of aromatic nitrogens is 2. The third-order valence-electron chi connectivity index (χ3n) is 2.05. The van der Waals surface area contributed by atoms with E-state index in [0.29, 0.717) is 5.02 Å². The Balaban J connectivity index is 2.31. The van der Waals surface area contributed by atoms with Crippen LogP contribution in [0.3, 0.4) is 0 Å². The molecule has 0 aliphatic carbocycles. The molecule has 1 aromatic carbocycles. The Morgan fingerprint density at radius 2 is 2.12 bits per heavy atom. The number of aryl methyl sites for hydroxylation is 1. The first-order valence-electron chi connectivity index (χ1n) is 4.78. The predicted octanol–water partition coefficient (Wildman–Crippen LogP) is 2.17. The molecular weight excluding hydrogens is 262 g/mol. The summed E-state index contributed by atoms with van der Waals surface area (Å²) in [5.74, 6) is 0.252. The van der Waals surface area contributed by atoms with Crippen LogP contribution in [0, 0.1) is 6.92 Å². The summed E-state index contributed by atoms with van der Waals surface area (Å²) < 4.78 is 26.2. The van der Waals surface area contributed by atoms with Gasteiger partial charge in [0.1, 0.15) is 0 Å². The molecule has 7 heteroatoms. The number of rotatable bonds is 3. The van der Waals surface area contributed by atoms with Crippen LogP contribution < -0.4 is 4.72 Å². The second kappa shape index (κ2) is 4.38. The van der Waals surface area contributed by atoms with E-state index in [0.717, 1.165) is 5.69 Å². The highest BCUT2D eigenvalue weighted by Crippen LogP contribution is 2.18. The van der Waals surface area contributed by atoms with Crippen LogP contribution in [0.15, 0.2) is 35.2 Å². The molecule has 0 aliphatic heterocycles. The fourth-order valence-electron chi connectivity index (χ4n) is 1.30. The molecule has 2 rings (SSSR count). The molecule has 0 saturated carbocycles. The highest BCUT2D eigenvalue weighted by molar-refractivity contribution is 7.92. The summed E-state index contributed by atoms with van der Waals surface area (Å²) in [5, 5.41) is 6.82. The van der Waals surface area contributed by atoms with Crippen LogP contribution >= 0.6 is 11.6 Å². The van der Waals surface area contributed by atoms with E-state index in [9.17, 15) is 8.42 Å². The molecule has 0 spiro atoms. The van der Waals surface area contributed by atoms with Crippen LogP contribution in [-0.4, -0.2) is 18.6 Å². The van der Waals surface area contributed by atoms with E-state index in [1.165, 1.54) is 12.1 Å². The van der Waals surface area contributed by atoms with Gasteiger partial charge in [-0.1, -0.05) is 17.7 Å². The number of halogens is 1. The maximum absolute atomic E-state index is 11.9. The number of hydrogen-bond acceptors (Lipinski definition) is 3. The number of hydrogen-bond donors (Lipinski definition) is 2. The van der Waals surface area contributed by atoms with Crippen LogP contribution in [0.1, 0.15) is 5.69 Å². The number of H-pyrrole nitrogens is 1. The molecule has 0 saturated heterocycles. The molecular formula is C10H10ClN3O2S. The summed E-state index contributed by atoms with van der Waals surface area (Å²) >= 11 is 5.74. The highest BCUT2D eigenvalue weighted by Gasteiger charge is 2.15. The Morgan fingerprint density at radius 3 is 2.71 bits per heavy atom. The minimum absolute atomic E-state index is 0.102. The normalized spacial score (nSPS) is 11.4. The minimum atomic E-state index is -3.64. The second-order valence-corrected chi connectivity index (χ2v) is 5.62. The van der Waals surface area contributed by atoms with Crippen molar-refractivity contribution >= 4 is 27.4 Å². The topological polar surface area (TPSA) is 74.8 Å². The van der Waals surface area contributed by atoms with E-state index in [4.69, 9.17) is 11.6 Å². The van der Waals surface area contributed by atoms with Gasteiger partial charge in [-0.05, 0) is 25.1 Å². The fourth-order valence-corrected chi connectivity index (χ4v) is 2.59. The molecule has 0 aliphatic rings. The first-order chi connectivity index (χ1) is 7.97. The quantitative estimate of drug-likeness (QED) is 0.898. The van der Waals surface area contributed by atoms with E-state index in [2.05, 4.69) is 14.9 Å². The number of benzene rings is 1. The number of nitrogens with one attached hydrogen (secondary N) is 2. The van der Waals surface area contributed by atoms with Crippen LogP contribution in [0.4, 0.5) is 5.82 Å². The van der Waals surface area contributed by atoms with Gasteiger partial charge in [-0.15, -0.1) is 0 Å². The molecule has 1 heterocycles. The Kier molecular flexibility index (Phi) is 3.08.